The molecule has 0 atom stereocenters. The first-order chi connectivity index (χ1) is 14.2. The Labute approximate surface area is 182 Å². The molecule has 3 heteroatoms. The summed E-state index contributed by atoms with van der Waals surface area (Å²) in [6, 6.07) is 16.6. The highest BCUT2D eigenvalue weighted by atomic mass is 16.7. The maximum Gasteiger partial charge on any atom is 0.510 e. The van der Waals surface area contributed by atoms with Gasteiger partial charge in [0.05, 0.1) is 0 Å². The summed E-state index contributed by atoms with van der Waals surface area (Å²) in [5.41, 5.74) is 3.00. The number of benzene rings is 2. The molecule has 0 aliphatic carbocycles. The summed E-state index contributed by atoms with van der Waals surface area (Å²) in [5, 5.41) is 0. The fraction of sp³-hybridized carbons (Fsp3) is 0.519. The number of hydrogen-bond acceptors (Lipinski definition) is 3. The lowest BCUT2D eigenvalue weighted by atomic mass is 9.95. The Bertz CT molecular complexity index is 718. The van der Waals surface area contributed by atoms with Gasteiger partial charge < -0.3 is 9.47 Å². The van der Waals surface area contributed by atoms with Gasteiger partial charge in [0.1, 0.15) is 11.2 Å². The van der Waals surface area contributed by atoms with Gasteiger partial charge in [0.25, 0.3) is 0 Å². The van der Waals surface area contributed by atoms with Crippen LogP contribution in [0.15, 0.2) is 48.5 Å². The summed E-state index contributed by atoms with van der Waals surface area (Å²) in [6.07, 6.45) is 6.21. The zero-order chi connectivity index (χ0) is 22.2. The first kappa shape index (κ1) is 24.0. The minimum atomic E-state index is -0.763. The van der Waals surface area contributed by atoms with Gasteiger partial charge in [0.15, 0.2) is 0 Å². The molecule has 0 N–H and O–H groups in total. The summed E-state index contributed by atoms with van der Waals surface area (Å²) >= 11 is 0. The van der Waals surface area contributed by atoms with Gasteiger partial charge in [-0.05, 0) is 75.6 Å². The van der Waals surface area contributed by atoms with Crippen molar-refractivity contribution in [3.63, 3.8) is 0 Å². The smallest absolute Gasteiger partial charge is 0.423 e. The lowest BCUT2D eigenvalue weighted by molar-refractivity contribution is -0.0634. The molecule has 0 unspecified atom stereocenters. The second-order valence-electron chi connectivity index (χ2n) is 9.08. The van der Waals surface area contributed by atoms with Crippen LogP contribution >= 0.6 is 0 Å². The Balaban J connectivity index is 2.00. The first-order valence-corrected chi connectivity index (χ1v) is 11.3. The number of ether oxygens (including phenoxy) is 2. The van der Waals surface area contributed by atoms with Gasteiger partial charge in [0, 0.05) is 0 Å². The van der Waals surface area contributed by atoms with Crippen molar-refractivity contribution >= 4 is 6.16 Å². The van der Waals surface area contributed by atoms with E-state index in [-0.39, 0.29) is 0 Å². The van der Waals surface area contributed by atoms with Crippen molar-refractivity contribution in [2.75, 3.05) is 0 Å². The van der Waals surface area contributed by atoms with Crippen molar-refractivity contribution in [2.45, 2.75) is 91.3 Å². The molecule has 3 nitrogen and oxygen atoms in total. The Morgan fingerprint density at radius 1 is 0.667 bits per heavy atom. The SMILES string of the molecule is CCCCc1ccc(C(C)(C)OC(=O)OC(C)(C)c2ccc(CCCC)cc2)cc1. The highest BCUT2D eigenvalue weighted by Gasteiger charge is 2.31. The quantitative estimate of drug-likeness (QED) is 0.376. The first-order valence-electron chi connectivity index (χ1n) is 11.3. The molecule has 0 radical (unpaired) electrons. The molecule has 0 aromatic heterocycles. The van der Waals surface area contributed by atoms with E-state index in [4.69, 9.17) is 9.47 Å². The van der Waals surface area contributed by atoms with Crippen LogP contribution in [0.5, 0.6) is 0 Å². The van der Waals surface area contributed by atoms with Gasteiger partial charge in [-0.25, -0.2) is 4.79 Å². The van der Waals surface area contributed by atoms with Crippen LogP contribution in [-0.2, 0) is 33.5 Å². The molecule has 164 valence electrons. The molecule has 0 amide bonds. The highest BCUT2D eigenvalue weighted by molar-refractivity contribution is 5.62. The fourth-order valence-corrected chi connectivity index (χ4v) is 3.46. The molecule has 0 aliphatic rings. The lowest BCUT2D eigenvalue weighted by Crippen LogP contribution is -2.31. The van der Waals surface area contributed by atoms with E-state index in [0.717, 1.165) is 24.0 Å². The zero-order valence-corrected chi connectivity index (χ0v) is 19.6. The van der Waals surface area contributed by atoms with Crippen LogP contribution in [0, 0.1) is 0 Å². The molecule has 2 rings (SSSR count). The van der Waals surface area contributed by atoms with Crippen LogP contribution in [0.3, 0.4) is 0 Å². The molecule has 0 saturated heterocycles. The summed E-state index contributed by atoms with van der Waals surface area (Å²) in [4.78, 5) is 12.6. The van der Waals surface area contributed by atoms with Gasteiger partial charge in [-0.2, -0.15) is 0 Å². The van der Waals surface area contributed by atoms with E-state index in [1.807, 2.05) is 52.0 Å². The second kappa shape index (κ2) is 10.7. The normalized spacial score (nSPS) is 11.9. The van der Waals surface area contributed by atoms with E-state index in [1.165, 1.54) is 36.8 Å². The minimum Gasteiger partial charge on any atom is -0.423 e. The van der Waals surface area contributed by atoms with E-state index in [9.17, 15) is 4.79 Å². The topological polar surface area (TPSA) is 35.5 Å². The third kappa shape index (κ3) is 6.90. The minimum absolute atomic E-state index is 0.657. The third-order valence-electron chi connectivity index (χ3n) is 5.61. The second-order valence-corrected chi connectivity index (χ2v) is 9.08. The molecule has 0 bridgehead atoms. The molecule has 0 saturated carbocycles. The average Bonchev–Trinajstić information content (AvgIpc) is 2.70. The standard InChI is InChI=1S/C27H38O3/c1-7-9-11-21-13-17-23(18-14-21)26(3,4)29-25(28)30-27(5,6)24-19-15-22(16-20-24)12-10-8-2/h13-20H,7-12H2,1-6H3. The number of unbranched alkanes of at least 4 members (excludes halogenated alkanes) is 2. The molecule has 0 aliphatic heterocycles. The van der Waals surface area contributed by atoms with E-state index in [0.29, 0.717) is 0 Å². The molecule has 2 aromatic rings. The number of rotatable bonds is 10. The van der Waals surface area contributed by atoms with Gasteiger partial charge in [-0.1, -0.05) is 75.2 Å². The molecule has 0 heterocycles. The van der Waals surface area contributed by atoms with Gasteiger partial charge >= 0.3 is 6.16 Å². The Hall–Kier alpha value is -2.29. The van der Waals surface area contributed by atoms with Crippen LogP contribution in [0.2, 0.25) is 0 Å². The van der Waals surface area contributed by atoms with Crippen LogP contribution in [0.4, 0.5) is 4.79 Å². The summed E-state index contributed by atoms with van der Waals surface area (Å²) < 4.78 is 11.4. The number of hydrogen-bond donors (Lipinski definition) is 0. The zero-order valence-electron chi connectivity index (χ0n) is 19.6. The summed E-state index contributed by atoms with van der Waals surface area (Å²) in [7, 11) is 0. The van der Waals surface area contributed by atoms with E-state index in [2.05, 4.69) is 38.1 Å². The van der Waals surface area contributed by atoms with Crippen molar-refractivity contribution in [1.82, 2.24) is 0 Å². The molecule has 0 spiro atoms. The average molecular weight is 411 g/mol. The predicted octanol–water partition coefficient (Wildman–Crippen LogP) is 7.70. The fourth-order valence-electron chi connectivity index (χ4n) is 3.46. The van der Waals surface area contributed by atoms with Crippen LogP contribution in [0.25, 0.3) is 0 Å². The Morgan fingerprint density at radius 3 is 1.30 bits per heavy atom. The van der Waals surface area contributed by atoms with E-state index < -0.39 is 17.4 Å². The van der Waals surface area contributed by atoms with Crippen molar-refractivity contribution in [2.24, 2.45) is 0 Å². The van der Waals surface area contributed by atoms with Crippen LogP contribution in [-0.4, -0.2) is 6.16 Å². The Morgan fingerprint density at radius 2 is 1.00 bits per heavy atom. The number of aryl methyl sites for hydroxylation is 2. The van der Waals surface area contributed by atoms with Gasteiger partial charge in [-0.3, -0.25) is 0 Å². The molecular weight excluding hydrogens is 372 g/mol. The maximum atomic E-state index is 12.6. The monoisotopic (exact) mass is 410 g/mol. The number of carbonyl (C=O) groups excluding carboxylic acids is 1. The van der Waals surface area contributed by atoms with Crippen molar-refractivity contribution in [3.05, 3.63) is 70.8 Å². The van der Waals surface area contributed by atoms with Crippen LogP contribution < -0.4 is 0 Å². The summed E-state index contributed by atoms with van der Waals surface area (Å²) in [5.74, 6) is 0. The number of carbonyl (C=O) groups is 1. The highest BCUT2D eigenvalue weighted by Crippen LogP contribution is 2.30. The molecule has 0 fully saturated rings. The van der Waals surface area contributed by atoms with Crippen molar-refractivity contribution in [3.8, 4) is 0 Å². The van der Waals surface area contributed by atoms with Gasteiger partial charge in [0.2, 0.25) is 0 Å². The van der Waals surface area contributed by atoms with E-state index in [1.54, 1.807) is 0 Å². The van der Waals surface area contributed by atoms with E-state index >= 15 is 0 Å². The molecule has 30 heavy (non-hydrogen) atoms. The van der Waals surface area contributed by atoms with Crippen molar-refractivity contribution < 1.29 is 14.3 Å². The predicted molar refractivity (Wildman–Crippen MR) is 124 cm³/mol. The lowest BCUT2D eigenvalue weighted by Gasteiger charge is -2.30. The van der Waals surface area contributed by atoms with Crippen molar-refractivity contribution in [1.29, 1.82) is 0 Å². The van der Waals surface area contributed by atoms with Gasteiger partial charge in [-0.15, -0.1) is 0 Å². The third-order valence-corrected chi connectivity index (χ3v) is 5.61. The molecular formula is C27H38O3. The Kier molecular flexibility index (Phi) is 8.52. The van der Waals surface area contributed by atoms with Crippen LogP contribution in [0.1, 0.15) is 89.5 Å². The maximum absolute atomic E-state index is 12.6. The largest absolute Gasteiger partial charge is 0.510 e. The summed E-state index contributed by atoms with van der Waals surface area (Å²) in [6.45, 7) is 12.0. The molecule has 2 aromatic carbocycles.